The highest BCUT2D eigenvalue weighted by Crippen LogP contribution is 2.41. The zero-order chi connectivity index (χ0) is 24.5. The van der Waals surface area contributed by atoms with Crippen LogP contribution in [0.1, 0.15) is 73.4 Å². The number of aromatic nitrogens is 2. The molecule has 1 saturated carbocycles. The number of likely N-dealkylation sites (tertiary alicyclic amines) is 1. The van der Waals surface area contributed by atoms with Crippen molar-refractivity contribution in [3.8, 4) is 0 Å². The van der Waals surface area contributed by atoms with E-state index >= 15 is 0 Å². The van der Waals surface area contributed by atoms with E-state index in [1.54, 1.807) is 18.4 Å². The second-order valence-corrected chi connectivity index (χ2v) is 10.8. The molecule has 0 bridgehead atoms. The molecule has 2 aromatic heterocycles. The topological polar surface area (TPSA) is 34.2 Å². The van der Waals surface area contributed by atoms with Gasteiger partial charge in [0.2, 0.25) is 0 Å². The Hall–Kier alpha value is -2.92. The minimum atomic E-state index is -0.104. The lowest BCUT2D eigenvalue weighted by molar-refractivity contribution is 0.175. The van der Waals surface area contributed by atoms with Gasteiger partial charge in [0.25, 0.3) is 0 Å². The number of hydrogen-bond acceptors (Lipinski definition) is 3. The van der Waals surface area contributed by atoms with E-state index in [1.165, 1.54) is 48.9 Å². The van der Waals surface area contributed by atoms with Crippen molar-refractivity contribution in [2.45, 2.75) is 63.8 Å². The average molecular weight is 486 g/mol. The first-order valence-electron chi connectivity index (χ1n) is 13.7. The molecule has 2 aliphatic rings. The summed E-state index contributed by atoms with van der Waals surface area (Å²) in [6.45, 7) is 6.52. The summed E-state index contributed by atoms with van der Waals surface area (Å²) in [4.78, 5) is 2.66. The summed E-state index contributed by atoms with van der Waals surface area (Å²) in [5, 5.41) is 6.12. The normalized spacial score (nSPS) is 21.5. The predicted octanol–water partition coefficient (Wildman–Crippen LogP) is 7.14. The molecule has 36 heavy (non-hydrogen) atoms. The SMILES string of the molecule is CCn1nc(Cc2ccc3occc3c2)cc1C1CCN(CC2CCC[C@@H]2c2cccc(F)c2)CC1. The first-order chi connectivity index (χ1) is 17.7. The monoisotopic (exact) mass is 485 g/mol. The van der Waals surface area contributed by atoms with Crippen LogP contribution >= 0.6 is 0 Å². The van der Waals surface area contributed by atoms with Crippen LogP contribution in [-0.2, 0) is 13.0 Å². The van der Waals surface area contributed by atoms with Crippen molar-refractivity contribution in [2.24, 2.45) is 5.92 Å². The van der Waals surface area contributed by atoms with Crippen LogP contribution in [0.3, 0.4) is 0 Å². The van der Waals surface area contributed by atoms with Gasteiger partial charge in [0.15, 0.2) is 0 Å². The van der Waals surface area contributed by atoms with Crippen molar-refractivity contribution in [1.82, 2.24) is 14.7 Å². The van der Waals surface area contributed by atoms with E-state index in [2.05, 4.69) is 46.8 Å². The fourth-order valence-corrected chi connectivity index (χ4v) is 6.66. The van der Waals surface area contributed by atoms with Crippen molar-refractivity contribution in [3.05, 3.63) is 89.2 Å². The maximum Gasteiger partial charge on any atom is 0.133 e. The largest absolute Gasteiger partial charge is 0.464 e. The molecule has 0 amide bonds. The standard InChI is InChI=1S/C31H36FN3O/c1-2-35-30(20-28(33-35)18-22-9-10-31-25(17-22)13-16-36-31)23-11-14-34(15-12-23)21-26-6-4-8-29(26)24-5-3-7-27(32)19-24/h3,5,7,9-10,13,16-17,19-20,23,26,29H,2,4,6,8,11-12,14-15,18,21H2,1H3/t26?,29-/m1/s1. The lowest BCUT2D eigenvalue weighted by atomic mass is 9.87. The molecule has 2 atom stereocenters. The van der Waals surface area contributed by atoms with Crippen molar-refractivity contribution in [3.63, 3.8) is 0 Å². The van der Waals surface area contributed by atoms with Crippen LogP contribution in [0, 0.1) is 11.7 Å². The van der Waals surface area contributed by atoms with Crippen LogP contribution in [0.15, 0.2) is 65.3 Å². The quantitative estimate of drug-likeness (QED) is 0.279. The highest BCUT2D eigenvalue weighted by molar-refractivity contribution is 5.77. The molecule has 188 valence electrons. The molecule has 4 nitrogen and oxygen atoms in total. The average Bonchev–Trinajstić information content (AvgIpc) is 3.64. The first-order valence-corrected chi connectivity index (χ1v) is 13.7. The van der Waals surface area contributed by atoms with E-state index in [4.69, 9.17) is 9.52 Å². The number of rotatable bonds is 7. The van der Waals surface area contributed by atoms with E-state index < -0.39 is 0 Å². The van der Waals surface area contributed by atoms with Crippen molar-refractivity contribution in [1.29, 1.82) is 0 Å². The highest BCUT2D eigenvalue weighted by atomic mass is 19.1. The van der Waals surface area contributed by atoms with Crippen LogP contribution in [0.5, 0.6) is 0 Å². The summed E-state index contributed by atoms with van der Waals surface area (Å²) >= 11 is 0. The van der Waals surface area contributed by atoms with E-state index in [-0.39, 0.29) is 5.82 Å². The molecule has 1 aliphatic carbocycles. The summed E-state index contributed by atoms with van der Waals surface area (Å²) in [6.07, 6.45) is 8.68. The molecule has 1 aliphatic heterocycles. The van der Waals surface area contributed by atoms with Crippen molar-refractivity contribution >= 4 is 11.0 Å². The summed E-state index contributed by atoms with van der Waals surface area (Å²) in [7, 11) is 0. The highest BCUT2D eigenvalue weighted by Gasteiger charge is 2.32. The molecular formula is C31H36FN3O. The minimum absolute atomic E-state index is 0.104. The Bertz CT molecular complexity index is 1320. The minimum Gasteiger partial charge on any atom is -0.464 e. The number of nitrogens with zero attached hydrogens (tertiary/aromatic N) is 3. The maximum atomic E-state index is 13.8. The van der Waals surface area contributed by atoms with Gasteiger partial charge in [0.05, 0.1) is 12.0 Å². The Labute approximate surface area is 213 Å². The van der Waals surface area contributed by atoms with Gasteiger partial charge in [-0.05, 0) is 105 Å². The van der Waals surface area contributed by atoms with Gasteiger partial charge in [-0.1, -0.05) is 24.6 Å². The third-order valence-corrected chi connectivity index (χ3v) is 8.50. The molecule has 1 unspecified atom stereocenters. The van der Waals surface area contributed by atoms with Gasteiger partial charge >= 0.3 is 0 Å². The lowest BCUT2D eigenvalue weighted by Crippen LogP contribution is -2.37. The van der Waals surface area contributed by atoms with Gasteiger partial charge in [0.1, 0.15) is 11.4 Å². The van der Waals surface area contributed by atoms with Crippen LogP contribution < -0.4 is 0 Å². The molecule has 0 spiro atoms. The number of benzene rings is 2. The van der Waals surface area contributed by atoms with Crippen LogP contribution in [0.25, 0.3) is 11.0 Å². The number of piperidine rings is 1. The van der Waals surface area contributed by atoms with Gasteiger partial charge in [-0.25, -0.2) is 4.39 Å². The molecule has 0 N–H and O–H groups in total. The number of furan rings is 1. The third kappa shape index (κ3) is 4.86. The first kappa shape index (κ1) is 23.5. The van der Waals surface area contributed by atoms with E-state index in [0.29, 0.717) is 17.8 Å². The molecular weight excluding hydrogens is 449 g/mol. The van der Waals surface area contributed by atoms with E-state index in [0.717, 1.165) is 49.3 Å². The van der Waals surface area contributed by atoms with E-state index in [9.17, 15) is 4.39 Å². The number of halogens is 1. The predicted molar refractivity (Wildman–Crippen MR) is 142 cm³/mol. The summed E-state index contributed by atoms with van der Waals surface area (Å²) < 4.78 is 21.5. The Morgan fingerprint density at radius 2 is 1.89 bits per heavy atom. The number of fused-ring (bicyclic) bond motifs is 1. The molecule has 0 radical (unpaired) electrons. The Balaban J connectivity index is 1.09. The molecule has 2 aromatic carbocycles. The fraction of sp³-hybridized carbons (Fsp3) is 0.452. The Morgan fingerprint density at radius 1 is 1.00 bits per heavy atom. The maximum absolute atomic E-state index is 13.8. The van der Waals surface area contributed by atoms with Crippen LogP contribution in [0.4, 0.5) is 4.39 Å². The van der Waals surface area contributed by atoms with Gasteiger partial charge in [-0.15, -0.1) is 0 Å². The van der Waals surface area contributed by atoms with Crippen LogP contribution in [-0.4, -0.2) is 34.3 Å². The summed E-state index contributed by atoms with van der Waals surface area (Å²) in [5.41, 5.74) is 5.95. The Kier molecular flexibility index (Phi) is 6.66. The lowest BCUT2D eigenvalue weighted by Gasteiger charge is -2.35. The van der Waals surface area contributed by atoms with Gasteiger partial charge in [-0.3, -0.25) is 4.68 Å². The Morgan fingerprint density at radius 3 is 2.72 bits per heavy atom. The van der Waals surface area contributed by atoms with Gasteiger partial charge in [-0.2, -0.15) is 5.10 Å². The number of aryl methyl sites for hydroxylation is 1. The van der Waals surface area contributed by atoms with Crippen LogP contribution in [0.2, 0.25) is 0 Å². The smallest absolute Gasteiger partial charge is 0.133 e. The van der Waals surface area contributed by atoms with Crippen molar-refractivity contribution < 1.29 is 8.81 Å². The van der Waals surface area contributed by atoms with E-state index in [1.807, 2.05) is 12.1 Å². The summed E-state index contributed by atoms with van der Waals surface area (Å²) in [5.74, 6) is 1.61. The van der Waals surface area contributed by atoms with Crippen molar-refractivity contribution in [2.75, 3.05) is 19.6 Å². The molecule has 6 rings (SSSR count). The molecule has 4 aromatic rings. The zero-order valence-electron chi connectivity index (χ0n) is 21.2. The number of hydrogen-bond donors (Lipinski definition) is 0. The van der Waals surface area contributed by atoms with Gasteiger partial charge in [0, 0.05) is 36.5 Å². The molecule has 5 heteroatoms. The fourth-order valence-electron chi connectivity index (χ4n) is 6.66. The third-order valence-electron chi connectivity index (χ3n) is 8.50. The zero-order valence-corrected chi connectivity index (χ0v) is 21.2. The van der Waals surface area contributed by atoms with Gasteiger partial charge < -0.3 is 9.32 Å². The second kappa shape index (κ2) is 10.2. The summed E-state index contributed by atoms with van der Waals surface area (Å²) in [6, 6.07) is 18.1. The second-order valence-electron chi connectivity index (χ2n) is 10.8. The molecule has 1 saturated heterocycles. The molecule has 2 fully saturated rings. The molecule has 3 heterocycles.